The molecule has 4 heterocycles. The molecule has 0 amide bonds. The number of nitrogens with zero attached hydrogens (tertiary/aromatic N) is 5. The molecule has 8 heteroatoms. The predicted molar refractivity (Wildman–Crippen MR) is 75.4 cm³/mol. The molecule has 100 valence electrons. The van der Waals surface area contributed by atoms with E-state index in [4.69, 9.17) is 0 Å². The molecule has 0 radical (unpaired) electrons. The Balaban J connectivity index is 1.63. The second-order valence-electron chi connectivity index (χ2n) is 4.34. The van der Waals surface area contributed by atoms with Gasteiger partial charge in [-0.1, -0.05) is 0 Å². The lowest BCUT2D eigenvalue weighted by Gasteiger charge is -2.23. The SMILES string of the molecule is C1=NC=C2NNC(c3csc(-c4cnccn4)n3)N2C1. The number of hydrogen-bond acceptors (Lipinski definition) is 8. The van der Waals surface area contributed by atoms with Gasteiger partial charge in [-0.15, -0.1) is 11.3 Å². The standard InChI is InChI=1S/C12H11N7S/c1-2-15-8(5-13-1)12-16-9(7-20-12)11-18-17-10-6-14-3-4-19(10)11/h1-3,5-7,11,17-18H,4H2. The van der Waals surface area contributed by atoms with E-state index < -0.39 is 0 Å². The number of aliphatic imine (C=N–C) groups is 1. The normalized spacial score (nSPS) is 20.5. The minimum Gasteiger partial charge on any atom is -0.328 e. The van der Waals surface area contributed by atoms with E-state index in [2.05, 4.69) is 35.7 Å². The van der Waals surface area contributed by atoms with Gasteiger partial charge in [-0.3, -0.25) is 15.0 Å². The Hall–Kier alpha value is -2.32. The molecular weight excluding hydrogens is 274 g/mol. The molecule has 2 aromatic heterocycles. The summed E-state index contributed by atoms with van der Waals surface area (Å²) in [5, 5.41) is 2.91. The van der Waals surface area contributed by atoms with Crippen LogP contribution in [0.3, 0.4) is 0 Å². The third-order valence-electron chi connectivity index (χ3n) is 3.12. The average molecular weight is 285 g/mol. The highest BCUT2D eigenvalue weighted by Gasteiger charge is 2.31. The van der Waals surface area contributed by atoms with E-state index in [0.29, 0.717) is 0 Å². The molecule has 4 rings (SSSR count). The topological polar surface area (TPSA) is 78.3 Å². The van der Waals surface area contributed by atoms with Crippen LogP contribution in [0.1, 0.15) is 11.9 Å². The van der Waals surface area contributed by atoms with Gasteiger partial charge in [0.05, 0.1) is 24.6 Å². The Bertz CT molecular complexity index is 678. The second-order valence-corrected chi connectivity index (χ2v) is 5.20. The van der Waals surface area contributed by atoms with Crippen molar-refractivity contribution in [3.63, 3.8) is 0 Å². The molecule has 0 bridgehead atoms. The summed E-state index contributed by atoms with van der Waals surface area (Å²) >= 11 is 1.57. The summed E-state index contributed by atoms with van der Waals surface area (Å²) in [6, 6.07) is 0. The first-order valence-electron chi connectivity index (χ1n) is 6.13. The fraction of sp³-hybridized carbons (Fsp3) is 0.167. The number of nitrogens with one attached hydrogen (secondary N) is 2. The summed E-state index contributed by atoms with van der Waals surface area (Å²) < 4.78 is 0. The molecule has 7 nitrogen and oxygen atoms in total. The summed E-state index contributed by atoms with van der Waals surface area (Å²) in [5.41, 5.74) is 8.09. The van der Waals surface area contributed by atoms with Gasteiger partial charge in [0.15, 0.2) is 0 Å². The Labute approximate surface area is 119 Å². The first-order chi connectivity index (χ1) is 9.92. The molecule has 1 fully saturated rings. The lowest BCUT2D eigenvalue weighted by molar-refractivity contribution is 0.308. The fourth-order valence-corrected chi connectivity index (χ4v) is 2.97. The highest BCUT2D eigenvalue weighted by atomic mass is 32.1. The third kappa shape index (κ3) is 1.86. The van der Waals surface area contributed by atoms with Crippen molar-refractivity contribution >= 4 is 17.6 Å². The van der Waals surface area contributed by atoms with Crippen LogP contribution < -0.4 is 10.9 Å². The number of hydrazine groups is 1. The van der Waals surface area contributed by atoms with Crippen molar-refractivity contribution in [3.8, 4) is 10.7 Å². The van der Waals surface area contributed by atoms with Crippen LogP contribution in [0.2, 0.25) is 0 Å². The van der Waals surface area contributed by atoms with Gasteiger partial charge >= 0.3 is 0 Å². The van der Waals surface area contributed by atoms with Crippen molar-refractivity contribution in [2.75, 3.05) is 6.54 Å². The van der Waals surface area contributed by atoms with Gasteiger partial charge in [0, 0.05) is 24.0 Å². The minimum absolute atomic E-state index is 0.00896. The first-order valence-corrected chi connectivity index (χ1v) is 7.01. The zero-order valence-electron chi connectivity index (χ0n) is 10.4. The van der Waals surface area contributed by atoms with Gasteiger partial charge in [-0.25, -0.2) is 10.4 Å². The molecule has 0 saturated carbocycles. The molecule has 1 unspecified atom stereocenters. The molecule has 2 aliphatic heterocycles. The molecule has 2 aliphatic rings. The lowest BCUT2D eigenvalue weighted by Crippen LogP contribution is -2.30. The first kappa shape index (κ1) is 11.5. The maximum atomic E-state index is 4.65. The monoisotopic (exact) mass is 285 g/mol. The average Bonchev–Trinajstić information content (AvgIpc) is 3.14. The summed E-state index contributed by atoms with van der Waals surface area (Å²) in [4.78, 5) is 19.3. The van der Waals surface area contributed by atoms with Crippen LogP contribution in [0.4, 0.5) is 0 Å². The summed E-state index contributed by atoms with van der Waals surface area (Å²) in [7, 11) is 0. The number of aromatic nitrogens is 3. The fourth-order valence-electron chi connectivity index (χ4n) is 2.17. The predicted octanol–water partition coefficient (Wildman–Crippen LogP) is 0.892. The largest absolute Gasteiger partial charge is 0.328 e. The number of rotatable bonds is 2. The van der Waals surface area contributed by atoms with Crippen LogP contribution >= 0.6 is 11.3 Å². The molecule has 1 atom stereocenters. The van der Waals surface area contributed by atoms with Gasteiger partial charge in [0.1, 0.15) is 22.7 Å². The lowest BCUT2D eigenvalue weighted by atomic mass is 10.3. The highest BCUT2D eigenvalue weighted by Crippen LogP contribution is 2.29. The number of hydrogen-bond donors (Lipinski definition) is 2. The van der Waals surface area contributed by atoms with E-state index in [1.54, 1.807) is 36.1 Å². The van der Waals surface area contributed by atoms with E-state index in [1.165, 1.54) is 0 Å². The molecular formula is C12H11N7S. The van der Waals surface area contributed by atoms with Crippen molar-refractivity contribution in [2.45, 2.75) is 6.17 Å². The van der Waals surface area contributed by atoms with Crippen molar-refractivity contribution in [3.05, 3.63) is 41.7 Å². The smallest absolute Gasteiger partial charge is 0.143 e. The van der Waals surface area contributed by atoms with Crippen molar-refractivity contribution in [1.29, 1.82) is 0 Å². The molecule has 0 aromatic carbocycles. The number of thiazole rings is 1. The Kier molecular flexibility index (Phi) is 2.68. The zero-order valence-corrected chi connectivity index (χ0v) is 11.2. The maximum Gasteiger partial charge on any atom is 0.143 e. The molecule has 2 aromatic rings. The quantitative estimate of drug-likeness (QED) is 0.853. The van der Waals surface area contributed by atoms with E-state index in [9.17, 15) is 0 Å². The van der Waals surface area contributed by atoms with Crippen LogP contribution in [0, 0.1) is 0 Å². The summed E-state index contributed by atoms with van der Waals surface area (Å²) in [5.74, 6) is 0.964. The van der Waals surface area contributed by atoms with Gasteiger partial charge in [-0.2, -0.15) is 0 Å². The summed E-state index contributed by atoms with van der Waals surface area (Å²) in [6.45, 7) is 0.758. The second kappa shape index (κ2) is 4.66. The van der Waals surface area contributed by atoms with Crippen LogP contribution in [-0.4, -0.2) is 32.6 Å². The van der Waals surface area contributed by atoms with Crippen molar-refractivity contribution in [2.24, 2.45) is 4.99 Å². The van der Waals surface area contributed by atoms with Crippen LogP contribution in [-0.2, 0) is 0 Å². The molecule has 20 heavy (non-hydrogen) atoms. The molecule has 0 aliphatic carbocycles. The van der Waals surface area contributed by atoms with Crippen LogP contribution in [0.15, 0.2) is 41.0 Å². The molecule has 0 spiro atoms. The summed E-state index contributed by atoms with van der Waals surface area (Å²) in [6.07, 6.45) is 8.74. The minimum atomic E-state index is 0.00896. The van der Waals surface area contributed by atoms with Gasteiger partial charge in [0.2, 0.25) is 0 Å². The van der Waals surface area contributed by atoms with E-state index in [-0.39, 0.29) is 6.17 Å². The highest BCUT2D eigenvalue weighted by molar-refractivity contribution is 7.13. The van der Waals surface area contributed by atoms with E-state index in [0.717, 1.165) is 28.8 Å². The van der Waals surface area contributed by atoms with Crippen molar-refractivity contribution in [1.82, 2.24) is 30.7 Å². The number of fused-ring (bicyclic) bond motifs is 1. The maximum absolute atomic E-state index is 4.65. The van der Waals surface area contributed by atoms with Crippen LogP contribution in [0.25, 0.3) is 10.7 Å². The van der Waals surface area contributed by atoms with Gasteiger partial charge < -0.3 is 10.3 Å². The third-order valence-corrected chi connectivity index (χ3v) is 4.01. The van der Waals surface area contributed by atoms with E-state index >= 15 is 0 Å². The molecule has 1 saturated heterocycles. The van der Waals surface area contributed by atoms with Gasteiger partial charge in [0.25, 0.3) is 0 Å². The van der Waals surface area contributed by atoms with E-state index in [1.807, 2.05) is 11.6 Å². The van der Waals surface area contributed by atoms with Crippen molar-refractivity contribution < 1.29 is 0 Å². The van der Waals surface area contributed by atoms with Gasteiger partial charge in [-0.05, 0) is 0 Å². The Morgan fingerprint density at radius 2 is 2.35 bits per heavy atom. The van der Waals surface area contributed by atoms with Crippen LogP contribution in [0.5, 0.6) is 0 Å². The molecule has 2 N–H and O–H groups in total. The Morgan fingerprint density at radius 3 is 3.25 bits per heavy atom. The zero-order chi connectivity index (χ0) is 13.4. The Morgan fingerprint density at radius 1 is 1.35 bits per heavy atom.